The summed E-state index contributed by atoms with van der Waals surface area (Å²) in [6, 6.07) is 7.91. The second-order valence-electron chi connectivity index (χ2n) is 5.17. The molecule has 3 rings (SSSR count). The molecule has 2 aromatic rings. The fraction of sp³-hybridized carbons (Fsp3) is 0.333. The molecular formula is C15H15BrN2O2S. The van der Waals surface area contributed by atoms with Crippen LogP contribution in [0.25, 0.3) is 0 Å². The van der Waals surface area contributed by atoms with E-state index in [0.717, 1.165) is 22.1 Å². The van der Waals surface area contributed by atoms with Gasteiger partial charge in [0.05, 0.1) is 5.69 Å². The van der Waals surface area contributed by atoms with Crippen molar-refractivity contribution in [1.82, 2.24) is 9.97 Å². The number of thioether (sulfide) groups is 1. The predicted octanol–water partition coefficient (Wildman–Crippen LogP) is 3.88. The highest BCUT2D eigenvalue weighted by Gasteiger charge is 2.25. The Hall–Kier alpha value is -1.27. The molecule has 0 aliphatic carbocycles. The van der Waals surface area contributed by atoms with E-state index in [2.05, 4.69) is 25.9 Å². The molecule has 1 aromatic heterocycles. The first-order chi connectivity index (χ1) is 10.1. The van der Waals surface area contributed by atoms with Gasteiger partial charge in [0.15, 0.2) is 11.9 Å². The first kappa shape index (κ1) is 14.7. The standard InChI is InChI=1S/C15H15BrN2O2S/c1-8(2)13-12(16)15(19)18-14(17-13)10-7-21-11-6-4-3-5-9(11)20-10/h3-6,8,10H,7H2,1-2H3,(H,17,18,19). The van der Waals surface area contributed by atoms with E-state index in [9.17, 15) is 4.79 Å². The van der Waals surface area contributed by atoms with Crippen molar-refractivity contribution in [2.75, 3.05) is 5.75 Å². The third-order valence-corrected chi connectivity index (χ3v) is 5.15. The summed E-state index contributed by atoms with van der Waals surface area (Å²) >= 11 is 5.03. The summed E-state index contributed by atoms with van der Waals surface area (Å²) in [4.78, 5) is 20.6. The van der Waals surface area contributed by atoms with Crippen LogP contribution in [-0.2, 0) is 0 Å². The quantitative estimate of drug-likeness (QED) is 0.875. The number of ether oxygens (including phenoxy) is 1. The fourth-order valence-corrected chi connectivity index (χ4v) is 3.82. The smallest absolute Gasteiger partial charge is 0.265 e. The maximum absolute atomic E-state index is 12.0. The summed E-state index contributed by atoms with van der Waals surface area (Å²) in [5.41, 5.74) is 0.609. The lowest BCUT2D eigenvalue weighted by atomic mass is 10.1. The summed E-state index contributed by atoms with van der Waals surface area (Å²) in [7, 11) is 0. The van der Waals surface area contributed by atoms with Gasteiger partial charge in [0, 0.05) is 10.6 Å². The molecule has 1 aliphatic rings. The minimum Gasteiger partial charge on any atom is -0.480 e. The lowest BCUT2D eigenvalue weighted by Gasteiger charge is -2.25. The van der Waals surface area contributed by atoms with Gasteiger partial charge >= 0.3 is 0 Å². The molecule has 0 spiro atoms. The van der Waals surface area contributed by atoms with Crippen molar-refractivity contribution in [2.24, 2.45) is 0 Å². The Morgan fingerprint density at radius 3 is 2.95 bits per heavy atom. The second kappa shape index (κ2) is 5.85. The highest BCUT2D eigenvalue weighted by atomic mass is 79.9. The Bertz CT molecular complexity index is 730. The predicted molar refractivity (Wildman–Crippen MR) is 87.2 cm³/mol. The summed E-state index contributed by atoms with van der Waals surface area (Å²) in [6.07, 6.45) is -0.233. The van der Waals surface area contributed by atoms with Gasteiger partial charge in [-0.25, -0.2) is 4.98 Å². The summed E-state index contributed by atoms with van der Waals surface area (Å²) in [5.74, 6) is 2.34. The molecule has 1 N–H and O–H groups in total. The molecule has 110 valence electrons. The van der Waals surface area contributed by atoms with Gasteiger partial charge in [-0.3, -0.25) is 4.79 Å². The van der Waals surface area contributed by atoms with Gasteiger partial charge in [0.25, 0.3) is 5.56 Å². The zero-order chi connectivity index (χ0) is 15.0. The molecule has 2 heterocycles. The number of para-hydroxylation sites is 1. The number of fused-ring (bicyclic) bond motifs is 1. The number of aromatic nitrogens is 2. The number of hydrogen-bond donors (Lipinski definition) is 1. The van der Waals surface area contributed by atoms with Crippen LogP contribution in [0.3, 0.4) is 0 Å². The third kappa shape index (κ3) is 2.87. The molecule has 0 saturated heterocycles. The van der Waals surface area contributed by atoms with Gasteiger partial charge in [0.1, 0.15) is 10.2 Å². The second-order valence-corrected chi connectivity index (χ2v) is 7.02. The number of nitrogens with one attached hydrogen (secondary N) is 1. The van der Waals surface area contributed by atoms with Crippen LogP contribution in [0.5, 0.6) is 5.75 Å². The van der Waals surface area contributed by atoms with Gasteiger partial charge < -0.3 is 9.72 Å². The zero-order valence-electron chi connectivity index (χ0n) is 11.7. The van der Waals surface area contributed by atoms with E-state index in [4.69, 9.17) is 4.74 Å². The van der Waals surface area contributed by atoms with E-state index in [1.54, 1.807) is 11.8 Å². The highest BCUT2D eigenvalue weighted by Crippen LogP contribution is 2.39. The molecular weight excluding hydrogens is 352 g/mol. The molecule has 0 radical (unpaired) electrons. The van der Waals surface area contributed by atoms with E-state index in [1.165, 1.54) is 0 Å². The first-order valence-electron chi connectivity index (χ1n) is 6.74. The first-order valence-corrected chi connectivity index (χ1v) is 8.52. The maximum Gasteiger partial charge on any atom is 0.265 e. The van der Waals surface area contributed by atoms with Crippen molar-refractivity contribution in [3.05, 3.63) is 50.6 Å². The largest absolute Gasteiger partial charge is 0.480 e. The van der Waals surface area contributed by atoms with E-state index in [-0.39, 0.29) is 17.6 Å². The topological polar surface area (TPSA) is 55.0 Å². The van der Waals surface area contributed by atoms with Crippen molar-refractivity contribution >= 4 is 27.7 Å². The molecule has 1 aromatic carbocycles. The number of aromatic amines is 1. The van der Waals surface area contributed by atoms with Gasteiger partial charge in [-0.1, -0.05) is 26.0 Å². The maximum atomic E-state index is 12.0. The van der Waals surface area contributed by atoms with Crippen LogP contribution in [0.1, 0.15) is 37.4 Å². The summed E-state index contributed by atoms with van der Waals surface area (Å²) in [5, 5.41) is 0. The molecule has 0 saturated carbocycles. The highest BCUT2D eigenvalue weighted by molar-refractivity contribution is 9.10. The van der Waals surface area contributed by atoms with Crippen LogP contribution in [0.2, 0.25) is 0 Å². The van der Waals surface area contributed by atoms with Gasteiger partial charge in [0.2, 0.25) is 0 Å². The molecule has 4 nitrogen and oxygen atoms in total. The monoisotopic (exact) mass is 366 g/mol. The normalized spacial score (nSPS) is 17.4. The Morgan fingerprint density at radius 2 is 2.19 bits per heavy atom. The third-order valence-electron chi connectivity index (χ3n) is 3.27. The van der Waals surface area contributed by atoms with Crippen molar-refractivity contribution in [2.45, 2.75) is 30.8 Å². The number of H-pyrrole nitrogens is 1. The van der Waals surface area contributed by atoms with Crippen molar-refractivity contribution in [3.8, 4) is 5.75 Å². The molecule has 21 heavy (non-hydrogen) atoms. The SMILES string of the molecule is CC(C)c1nc(C2CSc3ccccc3O2)[nH]c(=O)c1Br. The van der Waals surface area contributed by atoms with Crippen molar-refractivity contribution in [3.63, 3.8) is 0 Å². The van der Waals surface area contributed by atoms with Crippen molar-refractivity contribution < 1.29 is 4.74 Å². The molecule has 0 bridgehead atoms. The average molecular weight is 367 g/mol. The number of rotatable bonds is 2. The number of nitrogens with zero attached hydrogens (tertiary/aromatic N) is 1. The fourth-order valence-electron chi connectivity index (χ4n) is 2.18. The van der Waals surface area contributed by atoms with Crippen molar-refractivity contribution in [1.29, 1.82) is 0 Å². The zero-order valence-corrected chi connectivity index (χ0v) is 14.1. The molecule has 1 atom stereocenters. The Kier molecular flexibility index (Phi) is 4.08. The van der Waals surface area contributed by atoms with Gasteiger partial charge in [-0.2, -0.15) is 0 Å². The Morgan fingerprint density at radius 1 is 1.43 bits per heavy atom. The van der Waals surface area contributed by atoms with Crippen LogP contribution in [-0.4, -0.2) is 15.7 Å². The molecule has 0 amide bonds. The van der Waals surface area contributed by atoms with Crippen LogP contribution in [0.4, 0.5) is 0 Å². The van der Waals surface area contributed by atoms with Crippen LogP contribution in [0.15, 0.2) is 38.4 Å². The molecule has 6 heteroatoms. The number of hydrogen-bond acceptors (Lipinski definition) is 4. The molecule has 1 aliphatic heterocycles. The lowest BCUT2D eigenvalue weighted by molar-refractivity contribution is 0.209. The Labute approximate surface area is 135 Å². The van der Waals surface area contributed by atoms with E-state index < -0.39 is 0 Å². The van der Waals surface area contributed by atoms with E-state index >= 15 is 0 Å². The lowest BCUT2D eigenvalue weighted by Crippen LogP contribution is -2.24. The minimum atomic E-state index is -0.233. The van der Waals surface area contributed by atoms with E-state index in [1.807, 2.05) is 38.1 Å². The average Bonchev–Trinajstić information content (AvgIpc) is 2.49. The summed E-state index contributed by atoms with van der Waals surface area (Å²) < 4.78 is 6.48. The Balaban J connectivity index is 1.97. The van der Waals surface area contributed by atoms with Crippen LogP contribution in [0, 0.1) is 0 Å². The molecule has 1 unspecified atom stereocenters. The van der Waals surface area contributed by atoms with Crippen LogP contribution < -0.4 is 10.3 Å². The molecule has 0 fully saturated rings. The van der Waals surface area contributed by atoms with E-state index in [0.29, 0.717) is 10.3 Å². The minimum absolute atomic E-state index is 0.156. The van der Waals surface area contributed by atoms with Crippen LogP contribution >= 0.6 is 27.7 Å². The number of benzene rings is 1. The van der Waals surface area contributed by atoms with Gasteiger partial charge in [-0.05, 0) is 34.0 Å². The van der Waals surface area contributed by atoms with Gasteiger partial charge in [-0.15, -0.1) is 11.8 Å². The summed E-state index contributed by atoms with van der Waals surface area (Å²) in [6.45, 7) is 4.03. The number of halogens is 1.